The molecule has 1 aliphatic rings. The molecule has 2 rings (SSSR count). The smallest absolute Gasteiger partial charge is 0.216 e. The van der Waals surface area contributed by atoms with Gasteiger partial charge in [-0.25, -0.2) is 0 Å². The average Bonchev–Trinajstić information content (AvgIpc) is 2.69. The van der Waals surface area contributed by atoms with Crippen LogP contribution in [0.3, 0.4) is 0 Å². The fraction of sp³-hybridized carbons (Fsp3) is 0.500. The van der Waals surface area contributed by atoms with Crippen molar-refractivity contribution < 1.29 is 4.79 Å². The Balaban J connectivity index is 2.03. The van der Waals surface area contributed by atoms with Gasteiger partial charge in [0.25, 0.3) is 0 Å². The van der Waals surface area contributed by atoms with Crippen LogP contribution in [0.25, 0.3) is 0 Å². The maximum Gasteiger partial charge on any atom is 0.216 e. The van der Waals surface area contributed by atoms with Crippen molar-refractivity contribution in [3.05, 3.63) is 29.8 Å². The Labute approximate surface area is 108 Å². The van der Waals surface area contributed by atoms with E-state index >= 15 is 0 Å². The third-order valence-corrected chi connectivity index (χ3v) is 3.43. The Morgan fingerprint density at radius 1 is 1.50 bits per heavy atom. The van der Waals surface area contributed by atoms with E-state index in [0.29, 0.717) is 12.5 Å². The molecule has 1 aromatic rings. The summed E-state index contributed by atoms with van der Waals surface area (Å²) in [5.74, 6) is 0.560. The van der Waals surface area contributed by atoms with Crippen LogP contribution >= 0.6 is 0 Å². The van der Waals surface area contributed by atoms with Crippen LogP contribution in [0.1, 0.15) is 24.8 Å². The molecule has 4 nitrogen and oxygen atoms in total. The highest BCUT2D eigenvalue weighted by Gasteiger charge is 2.26. The summed E-state index contributed by atoms with van der Waals surface area (Å²) in [7, 11) is 0. The van der Waals surface area contributed by atoms with Gasteiger partial charge in [-0.1, -0.05) is 18.2 Å². The standard InChI is InChI=1S/C14H21N3O/c1-11(18)16-8-9-17-10-12(6-7-15)13-4-2-3-5-14(13)17/h2-5,12H,6-10,15H2,1H3,(H,16,18). The van der Waals surface area contributed by atoms with Crippen molar-refractivity contribution in [1.29, 1.82) is 0 Å². The van der Waals surface area contributed by atoms with Crippen LogP contribution in [0.15, 0.2) is 24.3 Å². The summed E-state index contributed by atoms with van der Waals surface area (Å²) in [6, 6.07) is 8.49. The number of rotatable bonds is 5. The van der Waals surface area contributed by atoms with E-state index in [9.17, 15) is 4.79 Å². The number of carbonyl (C=O) groups is 1. The van der Waals surface area contributed by atoms with Crippen LogP contribution in [-0.4, -0.2) is 32.1 Å². The molecular formula is C14H21N3O. The molecule has 0 radical (unpaired) electrons. The SMILES string of the molecule is CC(=O)NCCN1CC(CCN)c2ccccc21. The van der Waals surface area contributed by atoms with E-state index in [0.717, 1.165) is 26.1 Å². The zero-order valence-electron chi connectivity index (χ0n) is 10.9. The Morgan fingerprint density at radius 2 is 2.28 bits per heavy atom. The average molecular weight is 247 g/mol. The second-order valence-corrected chi connectivity index (χ2v) is 4.76. The Bertz CT molecular complexity index is 419. The van der Waals surface area contributed by atoms with E-state index in [1.807, 2.05) is 0 Å². The van der Waals surface area contributed by atoms with E-state index in [-0.39, 0.29) is 5.91 Å². The number of nitrogens with one attached hydrogen (secondary N) is 1. The molecule has 1 aromatic carbocycles. The van der Waals surface area contributed by atoms with Gasteiger partial charge in [-0.15, -0.1) is 0 Å². The number of carbonyl (C=O) groups excluding carboxylic acids is 1. The highest BCUT2D eigenvalue weighted by molar-refractivity contribution is 5.72. The number of nitrogens with zero attached hydrogens (tertiary/aromatic N) is 1. The molecular weight excluding hydrogens is 226 g/mol. The van der Waals surface area contributed by atoms with Gasteiger partial charge in [0.2, 0.25) is 5.91 Å². The van der Waals surface area contributed by atoms with Crippen molar-refractivity contribution in [2.24, 2.45) is 5.73 Å². The number of hydrogen-bond donors (Lipinski definition) is 2. The summed E-state index contributed by atoms with van der Waals surface area (Å²) in [6.07, 6.45) is 1.02. The highest BCUT2D eigenvalue weighted by atomic mass is 16.1. The van der Waals surface area contributed by atoms with Crippen LogP contribution in [-0.2, 0) is 4.79 Å². The number of amides is 1. The lowest BCUT2D eigenvalue weighted by Gasteiger charge is -2.19. The lowest BCUT2D eigenvalue weighted by atomic mass is 9.98. The third kappa shape index (κ3) is 2.82. The van der Waals surface area contributed by atoms with Crippen molar-refractivity contribution in [2.45, 2.75) is 19.3 Å². The molecule has 0 saturated carbocycles. The summed E-state index contributed by atoms with van der Waals surface area (Å²) in [4.78, 5) is 13.2. The fourth-order valence-corrected chi connectivity index (χ4v) is 2.61. The lowest BCUT2D eigenvalue weighted by molar-refractivity contribution is -0.118. The Kier molecular flexibility index (Phi) is 4.20. The number of anilines is 1. The van der Waals surface area contributed by atoms with E-state index in [2.05, 4.69) is 34.5 Å². The molecule has 0 fully saturated rings. The van der Waals surface area contributed by atoms with Gasteiger partial charge in [0.15, 0.2) is 0 Å². The highest BCUT2D eigenvalue weighted by Crippen LogP contribution is 2.37. The quantitative estimate of drug-likeness (QED) is 0.818. The number of para-hydroxylation sites is 1. The maximum atomic E-state index is 10.9. The normalized spacial score (nSPS) is 17.7. The predicted molar refractivity (Wildman–Crippen MR) is 73.8 cm³/mol. The summed E-state index contributed by atoms with van der Waals surface area (Å²) >= 11 is 0. The van der Waals surface area contributed by atoms with Gasteiger partial charge < -0.3 is 16.0 Å². The Hall–Kier alpha value is -1.55. The zero-order chi connectivity index (χ0) is 13.0. The summed E-state index contributed by atoms with van der Waals surface area (Å²) < 4.78 is 0. The first-order valence-corrected chi connectivity index (χ1v) is 6.50. The minimum absolute atomic E-state index is 0.0287. The van der Waals surface area contributed by atoms with Crippen molar-refractivity contribution in [1.82, 2.24) is 5.32 Å². The number of fused-ring (bicyclic) bond motifs is 1. The summed E-state index contributed by atoms with van der Waals surface area (Å²) in [5.41, 5.74) is 8.36. The molecule has 1 atom stereocenters. The molecule has 1 amide bonds. The van der Waals surface area contributed by atoms with Gasteiger partial charge in [0.1, 0.15) is 0 Å². The number of hydrogen-bond acceptors (Lipinski definition) is 3. The second kappa shape index (κ2) is 5.87. The van der Waals surface area contributed by atoms with Crippen molar-refractivity contribution in [3.63, 3.8) is 0 Å². The van der Waals surface area contributed by atoms with Gasteiger partial charge in [0, 0.05) is 38.2 Å². The van der Waals surface area contributed by atoms with Crippen LogP contribution in [0, 0.1) is 0 Å². The monoisotopic (exact) mass is 247 g/mol. The number of benzene rings is 1. The van der Waals surface area contributed by atoms with E-state index in [4.69, 9.17) is 5.73 Å². The van der Waals surface area contributed by atoms with Crippen molar-refractivity contribution >= 4 is 11.6 Å². The molecule has 1 heterocycles. The molecule has 0 aliphatic carbocycles. The van der Waals surface area contributed by atoms with Gasteiger partial charge in [-0.05, 0) is 24.6 Å². The molecule has 98 valence electrons. The molecule has 0 aromatic heterocycles. The van der Waals surface area contributed by atoms with Crippen LogP contribution in [0.5, 0.6) is 0 Å². The predicted octanol–water partition coefficient (Wildman–Crippen LogP) is 1.08. The third-order valence-electron chi connectivity index (χ3n) is 3.43. The minimum Gasteiger partial charge on any atom is -0.369 e. The van der Waals surface area contributed by atoms with Crippen LogP contribution in [0.2, 0.25) is 0 Å². The number of nitrogens with two attached hydrogens (primary N) is 1. The molecule has 1 unspecified atom stereocenters. The van der Waals surface area contributed by atoms with E-state index < -0.39 is 0 Å². The zero-order valence-corrected chi connectivity index (χ0v) is 10.9. The van der Waals surface area contributed by atoms with Crippen LogP contribution in [0.4, 0.5) is 5.69 Å². The van der Waals surface area contributed by atoms with Gasteiger partial charge >= 0.3 is 0 Å². The largest absolute Gasteiger partial charge is 0.369 e. The van der Waals surface area contributed by atoms with E-state index in [1.165, 1.54) is 11.3 Å². The maximum absolute atomic E-state index is 10.9. The molecule has 1 aliphatic heterocycles. The second-order valence-electron chi connectivity index (χ2n) is 4.76. The Morgan fingerprint density at radius 3 is 3.00 bits per heavy atom. The topological polar surface area (TPSA) is 58.4 Å². The van der Waals surface area contributed by atoms with E-state index in [1.54, 1.807) is 6.92 Å². The molecule has 0 saturated heterocycles. The van der Waals surface area contributed by atoms with Gasteiger partial charge in [-0.3, -0.25) is 4.79 Å². The minimum atomic E-state index is 0.0287. The summed E-state index contributed by atoms with van der Waals surface area (Å²) in [5, 5.41) is 2.84. The molecule has 3 N–H and O–H groups in total. The summed E-state index contributed by atoms with van der Waals surface area (Å²) in [6.45, 7) is 4.83. The van der Waals surface area contributed by atoms with Crippen molar-refractivity contribution in [3.8, 4) is 0 Å². The van der Waals surface area contributed by atoms with Gasteiger partial charge in [0.05, 0.1) is 0 Å². The lowest BCUT2D eigenvalue weighted by Crippen LogP contribution is -2.33. The molecule has 18 heavy (non-hydrogen) atoms. The first-order valence-electron chi connectivity index (χ1n) is 6.50. The van der Waals surface area contributed by atoms with Crippen LogP contribution < -0.4 is 16.0 Å². The first-order chi connectivity index (χ1) is 8.72. The fourth-order valence-electron chi connectivity index (χ4n) is 2.61. The molecule has 4 heteroatoms. The first kappa shape index (κ1) is 12.9. The molecule has 0 bridgehead atoms. The van der Waals surface area contributed by atoms with Crippen molar-refractivity contribution in [2.75, 3.05) is 31.1 Å². The molecule has 0 spiro atoms. The van der Waals surface area contributed by atoms with Gasteiger partial charge in [-0.2, -0.15) is 0 Å².